The van der Waals surface area contributed by atoms with Crippen LogP contribution in [0.5, 0.6) is 0 Å². The van der Waals surface area contributed by atoms with Crippen LogP contribution in [0.25, 0.3) is 0 Å². The number of nitrogens with one attached hydrogen (secondary N) is 1. The number of ether oxygens (including phenoxy) is 3. The van der Waals surface area contributed by atoms with Gasteiger partial charge in [-0.25, -0.2) is 0 Å². The number of hydrogen-bond acceptors (Lipinski definition) is 7. The number of nitrogens with zero attached hydrogens (tertiary/aromatic N) is 1. The lowest BCUT2D eigenvalue weighted by Gasteiger charge is -2.25. The summed E-state index contributed by atoms with van der Waals surface area (Å²) in [5, 5.41) is 3.08. The molecule has 0 saturated heterocycles. The van der Waals surface area contributed by atoms with Gasteiger partial charge in [-0.1, -0.05) is 174 Å². The fraction of sp³-hybridized carbons (Fsp3) is 0.896. The van der Waals surface area contributed by atoms with Crippen molar-refractivity contribution in [2.75, 3.05) is 41.0 Å². The predicted molar refractivity (Wildman–Crippen MR) is 236 cm³/mol. The van der Waals surface area contributed by atoms with E-state index < -0.39 is 12.1 Å². The first-order valence-corrected chi connectivity index (χ1v) is 23.7. The van der Waals surface area contributed by atoms with Crippen molar-refractivity contribution in [2.24, 2.45) is 5.92 Å². The molecule has 0 fully saturated rings. The van der Waals surface area contributed by atoms with Gasteiger partial charge in [-0.2, -0.15) is 0 Å². The highest BCUT2D eigenvalue weighted by molar-refractivity contribution is 5.76. The topological polar surface area (TPSA) is 94.2 Å². The Balaban J connectivity index is 4.80. The summed E-state index contributed by atoms with van der Waals surface area (Å²) in [5.41, 5.74) is 0. The molecule has 0 aromatic rings. The number of rotatable bonds is 42. The van der Waals surface area contributed by atoms with Crippen LogP contribution in [0.3, 0.4) is 0 Å². The van der Waals surface area contributed by atoms with Gasteiger partial charge in [0.05, 0.1) is 24.7 Å². The summed E-state index contributed by atoms with van der Waals surface area (Å²) in [6.07, 6.45) is 38.4. The average Bonchev–Trinajstić information content (AvgIpc) is 3.18. The molecule has 330 valence electrons. The molecule has 0 aliphatic heterocycles. The molecule has 0 aliphatic rings. The minimum absolute atomic E-state index is 0.0174. The lowest BCUT2D eigenvalue weighted by molar-refractivity contribution is -0.149. The van der Waals surface area contributed by atoms with Gasteiger partial charge >= 0.3 is 11.9 Å². The SMILES string of the molecule is CCCCCCCCCCCCCCC/C=C/[C@@H](OC)[C@H](COC(=O)CCCN(C)C)NC(=O)CCCCOC(=O)C(CCCCCC)CCCCCCCC. The van der Waals surface area contributed by atoms with Gasteiger partial charge in [-0.15, -0.1) is 0 Å². The molecule has 0 bridgehead atoms. The number of carbonyl (C=O) groups is 3. The Morgan fingerprint density at radius 2 is 1.09 bits per heavy atom. The first-order valence-electron chi connectivity index (χ1n) is 23.7. The maximum Gasteiger partial charge on any atom is 0.308 e. The fourth-order valence-electron chi connectivity index (χ4n) is 7.23. The smallest absolute Gasteiger partial charge is 0.308 e. The van der Waals surface area contributed by atoms with Crippen LogP contribution in [0.2, 0.25) is 0 Å². The molecule has 0 aromatic heterocycles. The number of esters is 2. The molecule has 56 heavy (non-hydrogen) atoms. The van der Waals surface area contributed by atoms with Crippen molar-refractivity contribution < 1.29 is 28.6 Å². The highest BCUT2D eigenvalue weighted by Gasteiger charge is 2.23. The van der Waals surface area contributed by atoms with Gasteiger partial charge in [0, 0.05) is 20.0 Å². The summed E-state index contributed by atoms with van der Waals surface area (Å²) in [5.74, 6) is -0.468. The summed E-state index contributed by atoms with van der Waals surface area (Å²) >= 11 is 0. The van der Waals surface area contributed by atoms with E-state index in [0.29, 0.717) is 32.3 Å². The van der Waals surface area contributed by atoms with E-state index in [9.17, 15) is 14.4 Å². The van der Waals surface area contributed by atoms with Gasteiger partial charge in [-0.05, 0) is 65.6 Å². The largest absolute Gasteiger partial charge is 0.465 e. The standard InChI is InChI=1S/C48H92N2O6/c1-7-10-13-16-18-19-20-21-22-23-24-25-26-28-31-37-45(54-6)44(42-56-47(52)39-34-40-50(4)5)49-46(51)38-32-33-41-55-48(53)43(35-29-15-12-9-3)36-30-27-17-14-11-8-2/h31,37,43-45H,7-30,32-36,38-42H2,1-6H3,(H,49,51)/b37-31+/t43?,44-,45+/m0/s1. The molecule has 0 radical (unpaired) electrons. The molecule has 0 rings (SSSR count). The van der Waals surface area contributed by atoms with Crippen molar-refractivity contribution in [2.45, 2.75) is 232 Å². The second-order valence-corrected chi connectivity index (χ2v) is 16.7. The zero-order chi connectivity index (χ0) is 41.3. The molecule has 1 N–H and O–H groups in total. The molecular weight excluding hydrogens is 701 g/mol. The molecule has 0 saturated carbocycles. The van der Waals surface area contributed by atoms with Gasteiger partial charge in [0.2, 0.25) is 5.91 Å². The number of allylic oxidation sites excluding steroid dienone is 1. The van der Waals surface area contributed by atoms with Crippen molar-refractivity contribution in [1.29, 1.82) is 0 Å². The Morgan fingerprint density at radius 1 is 0.589 bits per heavy atom. The molecule has 1 unspecified atom stereocenters. The normalized spacial score (nSPS) is 13.3. The molecule has 1 amide bonds. The lowest BCUT2D eigenvalue weighted by Crippen LogP contribution is -2.46. The van der Waals surface area contributed by atoms with Crippen LogP contribution in [0, 0.1) is 5.92 Å². The Morgan fingerprint density at radius 3 is 1.61 bits per heavy atom. The van der Waals surface area contributed by atoms with Gasteiger partial charge in [0.25, 0.3) is 0 Å². The maximum absolute atomic E-state index is 13.1. The Bertz CT molecular complexity index is 925. The van der Waals surface area contributed by atoms with Crippen molar-refractivity contribution in [3.8, 4) is 0 Å². The highest BCUT2D eigenvalue weighted by atomic mass is 16.5. The summed E-state index contributed by atoms with van der Waals surface area (Å²) in [7, 11) is 5.60. The molecule has 8 heteroatoms. The minimum Gasteiger partial charge on any atom is -0.465 e. The van der Waals surface area contributed by atoms with Gasteiger partial charge < -0.3 is 24.4 Å². The zero-order valence-electron chi connectivity index (χ0n) is 37.8. The molecule has 0 spiro atoms. The van der Waals surface area contributed by atoms with Crippen LogP contribution in [0.4, 0.5) is 0 Å². The molecule has 8 nitrogen and oxygen atoms in total. The molecule has 3 atom stereocenters. The zero-order valence-corrected chi connectivity index (χ0v) is 37.8. The molecule has 0 aromatic carbocycles. The Hall–Kier alpha value is -1.93. The number of unbranched alkanes of at least 4 members (excludes halogenated alkanes) is 22. The van der Waals surface area contributed by atoms with Crippen LogP contribution in [-0.2, 0) is 28.6 Å². The third kappa shape index (κ3) is 35.2. The van der Waals surface area contributed by atoms with Gasteiger partial charge in [0.15, 0.2) is 0 Å². The van der Waals surface area contributed by atoms with E-state index in [2.05, 4.69) is 32.2 Å². The van der Waals surface area contributed by atoms with Crippen molar-refractivity contribution >= 4 is 17.8 Å². The van der Waals surface area contributed by atoms with Crippen LogP contribution < -0.4 is 5.32 Å². The maximum atomic E-state index is 13.1. The third-order valence-corrected chi connectivity index (χ3v) is 10.9. The van der Waals surface area contributed by atoms with Crippen LogP contribution in [0.15, 0.2) is 12.2 Å². The van der Waals surface area contributed by atoms with Crippen molar-refractivity contribution in [1.82, 2.24) is 10.2 Å². The van der Waals surface area contributed by atoms with Crippen molar-refractivity contribution in [3.05, 3.63) is 12.2 Å². The summed E-state index contributed by atoms with van der Waals surface area (Å²) in [6, 6.07) is -0.485. The second-order valence-electron chi connectivity index (χ2n) is 16.7. The molecule has 0 heterocycles. The fourth-order valence-corrected chi connectivity index (χ4v) is 7.23. The number of carbonyl (C=O) groups excluding carboxylic acids is 3. The van der Waals surface area contributed by atoms with Crippen LogP contribution >= 0.6 is 0 Å². The monoisotopic (exact) mass is 793 g/mol. The van der Waals surface area contributed by atoms with Gasteiger partial charge in [-0.3, -0.25) is 14.4 Å². The van der Waals surface area contributed by atoms with E-state index in [1.807, 2.05) is 25.1 Å². The molecular formula is C48H92N2O6. The third-order valence-electron chi connectivity index (χ3n) is 10.9. The number of amides is 1. The Kier molecular flexibility index (Phi) is 39.8. The summed E-state index contributed by atoms with van der Waals surface area (Å²) < 4.78 is 17.2. The summed E-state index contributed by atoms with van der Waals surface area (Å²) in [4.78, 5) is 40.7. The number of hydrogen-bond donors (Lipinski definition) is 1. The van der Waals surface area contributed by atoms with Crippen LogP contribution in [0.1, 0.15) is 220 Å². The van der Waals surface area contributed by atoms with E-state index in [1.165, 1.54) is 128 Å². The van der Waals surface area contributed by atoms with E-state index in [4.69, 9.17) is 14.2 Å². The van der Waals surface area contributed by atoms with E-state index in [1.54, 1.807) is 7.11 Å². The van der Waals surface area contributed by atoms with Crippen molar-refractivity contribution in [3.63, 3.8) is 0 Å². The van der Waals surface area contributed by atoms with Gasteiger partial charge in [0.1, 0.15) is 6.61 Å². The number of methoxy groups -OCH3 is 1. The quantitative estimate of drug-likeness (QED) is 0.0374. The first-order chi connectivity index (χ1) is 27.3. The predicted octanol–water partition coefficient (Wildman–Crippen LogP) is 12.5. The Labute approximate surface area is 346 Å². The summed E-state index contributed by atoms with van der Waals surface area (Å²) in [6.45, 7) is 7.92. The first kappa shape index (κ1) is 54.1. The highest BCUT2D eigenvalue weighted by Crippen LogP contribution is 2.21. The molecule has 0 aliphatic carbocycles. The minimum atomic E-state index is -0.485. The van der Waals surface area contributed by atoms with E-state index >= 15 is 0 Å². The second kappa shape index (κ2) is 41.2. The van der Waals surface area contributed by atoms with E-state index in [0.717, 1.165) is 51.5 Å². The average molecular weight is 793 g/mol. The van der Waals surface area contributed by atoms with Crippen LogP contribution in [-0.4, -0.2) is 75.9 Å². The van der Waals surface area contributed by atoms with E-state index in [-0.39, 0.29) is 30.4 Å². The lowest BCUT2D eigenvalue weighted by atomic mass is 9.94.